The molecule has 1 aliphatic carbocycles. The Morgan fingerprint density at radius 2 is 2.12 bits per heavy atom. The quantitative estimate of drug-likeness (QED) is 0.703. The van der Waals surface area contributed by atoms with Crippen molar-refractivity contribution in [2.45, 2.75) is 48.9 Å². The number of hydrogen-bond acceptors (Lipinski definition) is 6. The van der Waals surface area contributed by atoms with Crippen LogP contribution >= 0.6 is 11.8 Å². The summed E-state index contributed by atoms with van der Waals surface area (Å²) in [6.07, 6.45) is 0.387. The van der Waals surface area contributed by atoms with E-state index in [4.69, 9.17) is 5.73 Å². The smallest absolute Gasteiger partial charge is 0.317 e. The minimum absolute atomic E-state index is 0.0848. The van der Waals surface area contributed by atoms with E-state index < -0.39 is 24.0 Å². The first kappa shape index (κ1) is 16.4. The lowest BCUT2D eigenvalue weighted by Crippen LogP contribution is -2.67. The third-order valence-electron chi connectivity index (χ3n) is 5.97. The summed E-state index contributed by atoms with van der Waals surface area (Å²) in [7, 11) is 0. The molecule has 0 spiro atoms. The summed E-state index contributed by atoms with van der Waals surface area (Å²) < 4.78 is 14.8. The monoisotopic (exact) mass is 355 g/mol. The Balaban J connectivity index is 1.59. The van der Waals surface area contributed by atoms with Crippen LogP contribution in [0.3, 0.4) is 0 Å². The zero-order valence-corrected chi connectivity index (χ0v) is 14.1. The Labute approximate surface area is 144 Å². The van der Waals surface area contributed by atoms with Gasteiger partial charge in [-0.15, -0.1) is 0 Å². The minimum Gasteiger partial charge on any atom is -0.481 e. The standard InChI is InChI=1S/C16H22FN3O3S/c1-7-20-11-5-12(19-3-2-8(18)6-19)10(17)4-9(11)14(21)13(16(22)23)15(20)24-7/h8-13,15H,1-6,18H2,(H,22,23). The fourth-order valence-electron chi connectivity index (χ4n) is 4.79. The maximum absolute atomic E-state index is 14.8. The van der Waals surface area contributed by atoms with Gasteiger partial charge in [-0.05, 0) is 19.3 Å². The lowest BCUT2D eigenvalue weighted by molar-refractivity contribution is -0.156. The van der Waals surface area contributed by atoms with Gasteiger partial charge < -0.3 is 15.7 Å². The van der Waals surface area contributed by atoms with Crippen LogP contribution in [0.5, 0.6) is 0 Å². The van der Waals surface area contributed by atoms with Gasteiger partial charge in [-0.3, -0.25) is 14.5 Å². The van der Waals surface area contributed by atoms with E-state index in [1.165, 1.54) is 11.8 Å². The third-order valence-corrected chi connectivity index (χ3v) is 7.19. The number of nitrogens with zero attached hydrogens (tertiary/aromatic N) is 2. The molecule has 3 saturated heterocycles. The Morgan fingerprint density at radius 1 is 1.38 bits per heavy atom. The predicted octanol–water partition coefficient (Wildman–Crippen LogP) is 0.634. The highest BCUT2D eigenvalue weighted by Crippen LogP contribution is 2.54. The number of ketones is 1. The number of thioether (sulfide) groups is 1. The molecule has 0 aromatic carbocycles. The Bertz CT molecular complexity index is 603. The second-order valence-electron chi connectivity index (χ2n) is 7.30. The van der Waals surface area contributed by atoms with Gasteiger partial charge in [0.2, 0.25) is 0 Å². The molecular weight excluding hydrogens is 333 g/mol. The van der Waals surface area contributed by atoms with Crippen molar-refractivity contribution >= 4 is 23.5 Å². The number of carboxylic acid groups (broad SMARTS) is 1. The fraction of sp³-hybridized carbons (Fsp3) is 0.750. The molecule has 6 nitrogen and oxygen atoms in total. The molecule has 4 rings (SSSR count). The fourth-order valence-corrected chi connectivity index (χ4v) is 6.06. The highest BCUT2D eigenvalue weighted by molar-refractivity contribution is 8.05. The van der Waals surface area contributed by atoms with E-state index in [9.17, 15) is 19.1 Å². The molecule has 3 N–H and O–H groups in total. The largest absolute Gasteiger partial charge is 0.481 e. The van der Waals surface area contributed by atoms with Crippen molar-refractivity contribution < 1.29 is 19.1 Å². The van der Waals surface area contributed by atoms with Gasteiger partial charge in [0.25, 0.3) is 0 Å². The summed E-state index contributed by atoms with van der Waals surface area (Å²) in [5.41, 5.74) is 5.95. The first-order valence-electron chi connectivity index (χ1n) is 8.42. The number of hydrogen-bond donors (Lipinski definition) is 2. The third kappa shape index (κ3) is 2.30. The van der Waals surface area contributed by atoms with Crippen LogP contribution in [0, 0.1) is 11.8 Å². The first-order valence-corrected chi connectivity index (χ1v) is 9.30. The van der Waals surface area contributed by atoms with Crippen LogP contribution in [0.1, 0.15) is 19.3 Å². The molecule has 0 radical (unpaired) electrons. The summed E-state index contributed by atoms with van der Waals surface area (Å²) >= 11 is 1.35. The topological polar surface area (TPSA) is 86.9 Å². The minimum atomic E-state index is -1.12. The van der Waals surface area contributed by atoms with E-state index in [2.05, 4.69) is 11.5 Å². The van der Waals surface area contributed by atoms with Gasteiger partial charge in [0.15, 0.2) is 5.78 Å². The predicted molar refractivity (Wildman–Crippen MR) is 87.9 cm³/mol. The number of likely N-dealkylation sites (tertiary alicyclic amines) is 1. The molecule has 0 aromatic heterocycles. The lowest BCUT2D eigenvalue weighted by Gasteiger charge is -2.58. The van der Waals surface area contributed by atoms with Crippen molar-refractivity contribution in [1.82, 2.24) is 9.80 Å². The number of carboxylic acids is 1. The van der Waals surface area contributed by atoms with E-state index >= 15 is 0 Å². The number of piperidine rings is 1. The van der Waals surface area contributed by atoms with Gasteiger partial charge in [-0.2, -0.15) is 0 Å². The Morgan fingerprint density at radius 3 is 2.71 bits per heavy atom. The van der Waals surface area contributed by atoms with Gasteiger partial charge in [-0.1, -0.05) is 18.3 Å². The summed E-state index contributed by atoms with van der Waals surface area (Å²) in [6.45, 7) is 5.44. The zero-order valence-electron chi connectivity index (χ0n) is 13.3. The average molecular weight is 355 g/mol. The van der Waals surface area contributed by atoms with Crippen molar-refractivity contribution in [3.05, 3.63) is 11.6 Å². The van der Waals surface area contributed by atoms with E-state index in [1.54, 1.807) is 0 Å². The lowest BCUT2D eigenvalue weighted by atomic mass is 9.71. The number of aliphatic carboxylic acids is 1. The molecule has 0 aromatic rings. The summed E-state index contributed by atoms with van der Waals surface area (Å²) in [5, 5.41) is 9.83. The maximum atomic E-state index is 14.8. The van der Waals surface area contributed by atoms with Gasteiger partial charge in [-0.25, -0.2) is 4.39 Å². The number of halogens is 1. The van der Waals surface area contributed by atoms with Crippen molar-refractivity contribution in [1.29, 1.82) is 0 Å². The highest BCUT2D eigenvalue weighted by Gasteiger charge is 2.60. The van der Waals surface area contributed by atoms with Gasteiger partial charge in [0, 0.05) is 37.1 Å². The van der Waals surface area contributed by atoms with Crippen molar-refractivity contribution in [3.8, 4) is 0 Å². The van der Waals surface area contributed by atoms with E-state index in [0.29, 0.717) is 13.0 Å². The van der Waals surface area contributed by atoms with Gasteiger partial charge in [0.05, 0.1) is 5.03 Å². The maximum Gasteiger partial charge on any atom is 0.317 e. The van der Waals surface area contributed by atoms with Crippen LogP contribution in [0.4, 0.5) is 4.39 Å². The van der Waals surface area contributed by atoms with Crippen LogP contribution in [-0.2, 0) is 9.59 Å². The molecule has 4 fully saturated rings. The summed E-state index contributed by atoms with van der Waals surface area (Å²) in [6, 6.07) is -0.296. The highest BCUT2D eigenvalue weighted by atomic mass is 32.2. The van der Waals surface area contributed by atoms with Crippen molar-refractivity contribution in [3.63, 3.8) is 0 Å². The Hall–Kier alpha value is -1.12. The molecular formula is C16H22FN3O3S. The number of carbonyl (C=O) groups is 2. The van der Waals surface area contributed by atoms with Crippen LogP contribution in [-0.4, -0.2) is 69.4 Å². The molecule has 0 amide bonds. The van der Waals surface area contributed by atoms with E-state index in [-0.39, 0.29) is 35.7 Å². The summed E-state index contributed by atoms with van der Waals surface area (Å²) in [5.74, 6) is -3.06. The first-order chi connectivity index (χ1) is 11.4. The molecule has 7 atom stereocenters. The molecule has 0 bridgehead atoms. The normalized spacial score (nSPS) is 45.6. The number of rotatable bonds is 2. The number of nitrogens with two attached hydrogens (primary N) is 1. The zero-order chi connectivity index (χ0) is 17.2. The Kier molecular flexibility index (Phi) is 3.89. The van der Waals surface area contributed by atoms with Gasteiger partial charge in [0.1, 0.15) is 17.5 Å². The number of fused-ring (bicyclic) bond motifs is 3. The number of alkyl halides is 1. The van der Waals surface area contributed by atoms with Crippen LogP contribution in [0.15, 0.2) is 11.6 Å². The summed E-state index contributed by atoms with van der Waals surface area (Å²) in [4.78, 5) is 28.3. The molecule has 132 valence electrons. The van der Waals surface area contributed by atoms with Gasteiger partial charge >= 0.3 is 5.97 Å². The van der Waals surface area contributed by atoms with E-state index in [0.717, 1.165) is 18.0 Å². The second-order valence-corrected chi connectivity index (χ2v) is 8.49. The van der Waals surface area contributed by atoms with Crippen LogP contribution in [0.25, 0.3) is 0 Å². The molecule has 1 saturated carbocycles. The van der Waals surface area contributed by atoms with Crippen molar-refractivity contribution in [2.75, 3.05) is 13.1 Å². The average Bonchev–Trinajstić information content (AvgIpc) is 2.93. The number of Topliss-reactive ketones (excluding diaryl/α,β-unsaturated/α-hetero) is 1. The molecule has 8 heteroatoms. The van der Waals surface area contributed by atoms with Crippen LogP contribution in [0.2, 0.25) is 0 Å². The molecule has 3 heterocycles. The van der Waals surface area contributed by atoms with Crippen LogP contribution < -0.4 is 5.73 Å². The molecule has 7 unspecified atom stereocenters. The van der Waals surface area contributed by atoms with Crippen molar-refractivity contribution in [2.24, 2.45) is 17.6 Å². The SMILES string of the molecule is C=C1SC2C(C(=O)O)C(=O)C3CC(F)C(N4CCC(N)C4)CC3N12. The molecule has 3 aliphatic heterocycles. The second kappa shape index (κ2) is 5.71. The molecule has 24 heavy (non-hydrogen) atoms. The number of carbonyl (C=O) groups excluding carboxylic acids is 1. The molecule has 4 aliphatic rings. The van der Waals surface area contributed by atoms with E-state index in [1.807, 2.05) is 4.90 Å².